The summed E-state index contributed by atoms with van der Waals surface area (Å²) in [6, 6.07) is 12.8. The fraction of sp³-hybridized carbons (Fsp3) is 0.286. The second-order valence-electron chi connectivity index (χ2n) is 6.03. The predicted octanol–water partition coefficient (Wildman–Crippen LogP) is 3.90. The summed E-state index contributed by atoms with van der Waals surface area (Å²) in [6.07, 6.45) is 2.59. The van der Waals surface area contributed by atoms with Crippen molar-refractivity contribution >= 4 is 29.1 Å². The lowest BCUT2D eigenvalue weighted by Gasteiger charge is -2.14. The van der Waals surface area contributed by atoms with Crippen LogP contribution in [0, 0.1) is 0 Å². The summed E-state index contributed by atoms with van der Waals surface area (Å²) in [4.78, 5) is 31.9. The van der Waals surface area contributed by atoms with Crippen LogP contribution in [0.15, 0.2) is 53.6 Å². The van der Waals surface area contributed by atoms with Crippen LogP contribution in [0.1, 0.15) is 31.5 Å². The van der Waals surface area contributed by atoms with E-state index in [1.54, 1.807) is 12.3 Å². The Balaban J connectivity index is 1.89. The maximum atomic E-state index is 13.0. The first-order valence-electron chi connectivity index (χ1n) is 9.02. The molecule has 0 radical (unpaired) electrons. The summed E-state index contributed by atoms with van der Waals surface area (Å²) in [5, 5.41) is 0. The van der Waals surface area contributed by atoms with Crippen molar-refractivity contribution < 1.29 is 14.3 Å². The van der Waals surface area contributed by atoms with Crippen LogP contribution in [-0.2, 0) is 16.1 Å². The van der Waals surface area contributed by atoms with Crippen LogP contribution in [-0.4, -0.2) is 34.1 Å². The molecule has 2 aromatic rings. The van der Waals surface area contributed by atoms with Crippen molar-refractivity contribution in [2.24, 2.45) is 0 Å². The molecule has 0 spiro atoms. The molecular formula is C21H22N2O3S. The molecule has 0 fully saturated rings. The van der Waals surface area contributed by atoms with Gasteiger partial charge in [0, 0.05) is 6.20 Å². The van der Waals surface area contributed by atoms with Crippen molar-refractivity contribution in [3.05, 3.63) is 64.8 Å². The molecule has 1 aliphatic rings. The van der Waals surface area contributed by atoms with Gasteiger partial charge in [-0.3, -0.25) is 19.5 Å². The van der Waals surface area contributed by atoms with Gasteiger partial charge in [0.1, 0.15) is 5.75 Å². The fourth-order valence-electron chi connectivity index (χ4n) is 2.82. The van der Waals surface area contributed by atoms with Crippen LogP contribution >= 0.6 is 11.8 Å². The Morgan fingerprint density at radius 2 is 1.81 bits per heavy atom. The molecule has 0 bridgehead atoms. The van der Waals surface area contributed by atoms with E-state index < -0.39 is 0 Å². The van der Waals surface area contributed by atoms with Crippen LogP contribution in [0.5, 0.6) is 5.75 Å². The van der Waals surface area contributed by atoms with Gasteiger partial charge in [-0.15, -0.1) is 11.8 Å². The maximum Gasteiger partial charge on any atom is 0.268 e. The summed E-state index contributed by atoms with van der Waals surface area (Å²) < 4.78 is 5.60. The predicted molar refractivity (Wildman–Crippen MR) is 107 cm³/mol. The van der Waals surface area contributed by atoms with Crippen LogP contribution in [0.2, 0.25) is 0 Å². The number of carbonyl (C=O) groups is 2. The van der Waals surface area contributed by atoms with Crippen molar-refractivity contribution in [3.63, 3.8) is 0 Å². The van der Waals surface area contributed by atoms with E-state index in [1.165, 1.54) is 16.7 Å². The third-order valence-corrected chi connectivity index (χ3v) is 5.03. The molecule has 3 rings (SSSR count). The van der Waals surface area contributed by atoms with E-state index in [2.05, 4.69) is 4.98 Å². The maximum absolute atomic E-state index is 13.0. The summed E-state index contributed by atoms with van der Waals surface area (Å²) in [5.74, 6) is 0.947. The van der Waals surface area contributed by atoms with Gasteiger partial charge < -0.3 is 4.74 Å². The summed E-state index contributed by atoms with van der Waals surface area (Å²) >= 11 is 1.40. The highest BCUT2D eigenvalue weighted by Gasteiger charge is 2.39. The first-order valence-corrected chi connectivity index (χ1v) is 10.0. The molecule has 0 saturated heterocycles. The third kappa shape index (κ3) is 4.22. The number of amides is 2. The molecule has 0 saturated carbocycles. The van der Waals surface area contributed by atoms with Gasteiger partial charge >= 0.3 is 0 Å². The molecule has 0 N–H and O–H groups in total. The van der Waals surface area contributed by atoms with Crippen LogP contribution in [0.25, 0.3) is 5.57 Å². The Kier molecular flexibility index (Phi) is 6.29. The zero-order valence-corrected chi connectivity index (χ0v) is 16.3. The van der Waals surface area contributed by atoms with E-state index in [9.17, 15) is 9.59 Å². The van der Waals surface area contributed by atoms with Gasteiger partial charge in [-0.05, 0) is 42.0 Å². The lowest BCUT2D eigenvalue weighted by atomic mass is 10.1. The topological polar surface area (TPSA) is 59.5 Å². The molecule has 1 aromatic heterocycles. The molecule has 6 heteroatoms. The average Bonchev–Trinajstić information content (AvgIpc) is 2.92. The Bertz CT molecular complexity index is 847. The lowest BCUT2D eigenvalue weighted by Crippen LogP contribution is -2.31. The number of carbonyl (C=O) groups excluding carboxylic acids is 2. The van der Waals surface area contributed by atoms with Crippen molar-refractivity contribution in [1.29, 1.82) is 0 Å². The van der Waals surface area contributed by atoms with Crippen molar-refractivity contribution in [2.45, 2.75) is 26.8 Å². The molecule has 2 heterocycles. The second-order valence-corrected chi connectivity index (χ2v) is 7.30. The molecule has 0 unspecified atom stereocenters. The summed E-state index contributed by atoms with van der Waals surface area (Å²) in [5.41, 5.74) is 1.88. The molecular weight excluding hydrogens is 360 g/mol. The Hall–Kier alpha value is -2.60. The molecule has 0 atom stereocenters. The third-order valence-electron chi connectivity index (χ3n) is 4.08. The molecule has 0 aliphatic carbocycles. The van der Waals surface area contributed by atoms with E-state index in [4.69, 9.17) is 4.74 Å². The van der Waals surface area contributed by atoms with Crippen LogP contribution < -0.4 is 4.74 Å². The zero-order valence-electron chi connectivity index (χ0n) is 15.5. The first kappa shape index (κ1) is 19.2. The van der Waals surface area contributed by atoms with E-state index in [0.29, 0.717) is 28.5 Å². The number of hydrogen-bond donors (Lipinski definition) is 0. The van der Waals surface area contributed by atoms with Crippen molar-refractivity contribution in [3.8, 4) is 5.75 Å². The van der Waals surface area contributed by atoms with E-state index >= 15 is 0 Å². The van der Waals surface area contributed by atoms with Crippen molar-refractivity contribution in [1.82, 2.24) is 9.88 Å². The highest BCUT2D eigenvalue weighted by Crippen LogP contribution is 2.37. The Morgan fingerprint density at radius 3 is 2.44 bits per heavy atom. The van der Waals surface area contributed by atoms with Gasteiger partial charge in [0.15, 0.2) is 0 Å². The lowest BCUT2D eigenvalue weighted by molar-refractivity contribution is -0.137. The average molecular weight is 382 g/mol. The van der Waals surface area contributed by atoms with E-state index in [-0.39, 0.29) is 18.4 Å². The van der Waals surface area contributed by atoms with Gasteiger partial charge in [-0.2, -0.15) is 0 Å². The number of nitrogens with zero attached hydrogens (tertiary/aromatic N) is 2. The van der Waals surface area contributed by atoms with Gasteiger partial charge in [-0.25, -0.2) is 0 Å². The van der Waals surface area contributed by atoms with Crippen molar-refractivity contribution in [2.75, 3.05) is 12.4 Å². The quantitative estimate of drug-likeness (QED) is 0.648. The highest BCUT2D eigenvalue weighted by atomic mass is 32.2. The smallest absolute Gasteiger partial charge is 0.268 e. The SMILES string of the molecule is CCCOc1ccc(C2=C(SCC)C(=O)N(Cc3ccccn3)C2=O)cc1. The van der Waals surface area contributed by atoms with Gasteiger partial charge in [0.25, 0.3) is 11.8 Å². The number of aromatic nitrogens is 1. The standard InChI is InChI=1S/C21H22N2O3S/c1-3-13-26-17-10-8-15(9-11-17)18-19(27-4-2)21(25)23(20(18)24)14-16-7-5-6-12-22-16/h5-12H,3-4,13-14H2,1-2H3. The number of pyridine rings is 1. The monoisotopic (exact) mass is 382 g/mol. The number of rotatable bonds is 8. The minimum Gasteiger partial charge on any atom is -0.494 e. The highest BCUT2D eigenvalue weighted by molar-refractivity contribution is 8.04. The van der Waals surface area contributed by atoms with Gasteiger partial charge in [0.2, 0.25) is 0 Å². The molecule has 2 amide bonds. The minimum atomic E-state index is -0.274. The largest absolute Gasteiger partial charge is 0.494 e. The first-order chi connectivity index (χ1) is 13.2. The number of benzene rings is 1. The molecule has 1 aromatic carbocycles. The van der Waals surface area contributed by atoms with Gasteiger partial charge in [-0.1, -0.05) is 32.0 Å². The van der Waals surface area contributed by atoms with Crippen LogP contribution in [0.3, 0.4) is 0 Å². The number of hydrogen-bond acceptors (Lipinski definition) is 5. The zero-order chi connectivity index (χ0) is 19.2. The molecule has 27 heavy (non-hydrogen) atoms. The number of thioether (sulfide) groups is 1. The molecule has 140 valence electrons. The van der Waals surface area contributed by atoms with E-state index in [0.717, 1.165) is 17.7 Å². The minimum absolute atomic E-state index is 0.174. The second kappa shape index (κ2) is 8.86. The number of imide groups is 1. The number of ether oxygens (including phenoxy) is 1. The molecule has 1 aliphatic heterocycles. The summed E-state index contributed by atoms with van der Waals surface area (Å²) in [6.45, 7) is 4.84. The molecule has 5 nitrogen and oxygen atoms in total. The van der Waals surface area contributed by atoms with Crippen LogP contribution in [0.4, 0.5) is 0 Å². The van der Waals surface area contributed by atoms with Gasteiger partial charge in [0.05, 0.1) is 29.3 Å². The Morgan fingerprint density at radius 1 is 1.04 bits per heavy atom. The summed E-state index contributed by atoms with van der Waals surface area (Å²) in [7, 11) is 0. The normalized spacial score (nSPS) is 14.2. The van der Waals surface area contributed by atoms with E-state index in [1.807, 2.05) is 50.2 Å². The Labute approximate surface area is 163 Å². The fourth-order valence-corrected chi connectivity index (χ4v) is 3.69.